The zero-order valence-electron chi connectivity index (χ0n) is 11.6. The van der Waals surface area contributed by atoms with Crippen LogP contribution in [0.3, 0.4) is 0 Å². The number of hydrogen-bond donors (Lipinski definition) is 2. The Bertz CT molecular complexity index is 504. The number of carbonyl (C=O) groups is 2. The number of rotatable bonds is 3. The van der Waals surface area contributed by atoms with Gasteiger partial charge in [-0.1, -0.05) is 12.1 Å². The zero-order valence-corrected chi connectivity index (χ0v) is 11.6. The lowest BCUT2D eigenvalue weighted by Gasteiger charge is -2.24. The minimum atomic E-state index is -0.321. The minimum Gasteiger partial charge on any atom is -0.373 e. The van der Waals surface area contributed by atoms with E-state index in [1.54, 1.807) is 4.90 Å². The highest BCUT2D eigenvalue weighted by atomic mass is 16.2. The average Bonchev–Trinajstić information content (AvgIpc) is 2.64. The summed E-state index contributed by atoms with van der Waals surface area (Å²) in [6.45, 7) is 1.43. The predicted molar refractivity (Wildman–Crippen MR) is 78.7 cm³/mol. The highest BCUT2D eigenvalue weighted by molar-refractivity contribution is 5.99. The number of fused-ring (bicyclic) bond motifs is 1. The number of carbonyl (C=O) groups excluding carboxylic acids is 2. The lowest BCUT2D eigenvalue weighted by Crippen LogP contribution is -2.42. The smallest absolute Gasteiger partial charge is 0.246 e. The van der Waals surface area contributed by atoms with Crippen molar-refractivity contribution in [2.75, 3.05) is 43.0 Å². The molecule has 6 heteroatoms. The molecular formula is C14H20N4O2. The third-order valence-corrected chi connectivity index (χ3v) is 3.38. The lowest BCUT2D eigenvalue weighted by atomic mass is 10.2. The molecule has 1 aromatic carbocycles. The van der Waals surface area contributed by atoms with Gasteiger partial charge in [0.1, 0.15) is 0 Å². The van der Waals surface area contributed by atoms with Crippen molar-refractivity contribution in [3.63, 3.8) is 0 Å². The maximum absolute atomic E-state index is 12.3. The first-order chi connectivity index (χ1) is 9.63. The van der Waals surface area contributed by atoms with Crippen LogP contribution >= 0.6 is 0 Å². The Morgan fingerprint density at radius 3 is 2.65 bits per heavy atom. The van der Waals surface area contributed by atoms with E-state index in [0.29, 0.717) is 6.54 Å². The summed E-state index contributed by atoms with van der Waals surface area (Å²) in [5.74, 6) is -0.437. The molecule has 0 saturated heterocycles. The fourth-order valence-corrected chi connectivity index (χ4v) is 2.32. The summed E-state index contributed by atoms with van der Waals surface area (Å²) in [6.07, 6.45) is 0.891. The van der Waals surface area contributed by atoms with Crippen molar-refractivity contribution < 1.29 is 9.59 Å². The van der Waals surface area contributed by atoms with Gasteiger partial charge in [0.25, 0.3) is 0 Å². The summed E-state index contributed by atoms with van der Waals surface area (Å²) < 4.78 is 0. The highest BCUT2D eigenvalue weighted by Gasteiger charge is 2.22. The predicted octanol–water partition coefficient (Wildman–Crippen LogP) is -0.0656. The van der Waals surface area contributed by atoms with Crippen LogP contribution in [-0.4, -0.2) is 45.0 Å². The number of nitrogens with two attached hydrogens (primary N) is 1. The van der Waals surface area contributed by atoms with E-state index in [0.717, 1.165) is 24.3 Å². The van der Waals surface area contributed by atoms with Gasteiger partial charge >= 0.3 is 0 Å². The lowest BCUT2D eigenvalue weighted by molar-refractivity contribution is -0.124. The second-order valence-corrected chi connectivity index (χ2v) is 4.79. The van der Waals surface area contributed by atoms with Gasteiger partial charge in [-0.3, -0.25) is 9.59 Å². The fourth-order valence-electron chi connectivity index (χ4n) is 2.32. The molecule has 20 heavy (non-hydrogen) atoms. The minimum absolute atomic E-state index is 0.0198. The van der Waals surface area contributed by atoms with Crippen molar-refractivity contribution in [2.24, 2.45) is 5.73 Å². The molecule has 1 aliphatic heterocycles. The van der Waals surface area contributed by atoms with Gasteiger partial charge in [-0.25, -0.2) is 0 Å². The SMILES string of the molecule is CN1CCCN(C(=O)CNC(=O)CN)c2ccccc21. The first-order valence-electron chi connectivity index (χ1n) is 6.70. The summed E-state index contributed by atoms with van der Waals surface area (Å²) in [5, 5.41) is 2.52. The van der Waals surface area contributed by atoms with Gasteiger partial charge in [-0.05, 0) is 18.6 Å². The Morgan fingerprint density at radius 2 is 1.95 bits per heavy atom. The number of nitrogens with zero attached hydrogens (tertiary/aromatic N) is 2. The largest absolute Gasteiger partial charge is 0.373 e. The third kappa shape index (κ3) is 3.08. The van der Waals surface area contributed by atoms with Crippen molar-refractivity contribution in [1.82, 2.24) is 5.32 Å². The molecule has 0 aliphatic carbocycles. The molecule has 0 fully saturated rings. The van der Waals surface area contributed by atoms with E-state index in [9.17, 15) is 9.59 Å². The molecule has 3 N–H and O–H groups in total. The van der Waals surface area contributed by atoms with Crippen LogP contribution in [-0.2, 0) is 9.59 Å². The standard InChI is InChI=1S/C14H20N4O2/c1-17-7-4-8-18(12-6-3-2-5-11(12)17)14(20)10-16-13(19)9-15/h2-3,5-6H,4,7-10,15H2,1H3,(H,16,19). The summed E-state index contributed by atoms with van der Waals surface area (Å²) in [7, 11) is 2.02. The molecule has 0 saturated carbocycles. The van der Waals surface area contributed by atoms with Crippen molar-refractivity contribution in [2.45, 2.75) is 6.42 Å². The van der Waals surface area contributed by atoms with E-state index in [-0.39, 0.29) is 24.9 Å². The van der Waals surface area contributed by atoms with Crippen molar-refractivity contribution in [1.29, 1.82) is 0 Å². The van der Waals surface area contributed by atoms with Gasteiger partial charge in [0.2, 0.25) is 11.8 Å². The van der Waals surface area contributed by atoms with Gasteiger partial charge in [0, 0.05) is 20.1 Å². The summed E-state index contributed by atoms with van der Waals surface area (Å²) >= 11 is 0. The van der Waals surface area contributed by atoms with Crippen molar-refractivity contribution >= 4 is 23.2 Å². The van der Waals surface area contributed by atoms with Gasteiger partial charge < -0.3 is 20.9 Å². The molecule has 0 spiro atoms. The molecule has 0 unspecified atom stereocenters. The third-order valence-electron chi connectivity index (χ3n) is 3.38. The van der Waals surface area contributed by atoms with Crippen LogP contribution in [0.4, 0.5) is 11.4 Å². The maximum atomic E-state index is 12.3. The molecule has 0 atom stereocenters. The Labute approximate surface area is 118 Å². The molecule has 6 nitrogen and oxygen atoms in total. The highest BCUT2D eigenvalue weighted by Crippen LogP contribution is 2.31. The molecule has 0 bridgehead atoms. The average molecular weight is 276 g/mol. The van der Waals surface area contributed by atoms with E-state index in [2.05, 4.69) is 10.2 Å². The molecule has 1 heterocycles. The summed E-state index contributed by atoms with van der Waals surface area (Å²) in [5.41, 5.74) is 7.13. The fraction of sp³-hybridized carbons (Fsp3) is 0.429. The number of amides is 2. The van der Waals surface area contributed by atoms with Crippen LogP contribution in [0.25, 0.3) is 0 Å². The molecule has 2 rings (SSSR count). The van der Waals surface area contributed by atoms with E-state index in [1.165, 1.54) is 0 Å². The second kappa shape index (κ2) is 6.38. The van der Waals surface area contributed by atoms with E-state index in [4.69, 9.17) is 5.73 Å². The van der Waals surface area contributed by atoms with Crippen LogP contribution < -0.4 is 20.9 Å². The van der Waals surface area contributed by atoms with E-state index in [1.807, 2.05) is 31.3 Å². The Balaban J connectivity index is 2.17. The quantitative estimate of drug-likeness (QED) is 0.810. The van der Waals surface area contributed by atoms with Gasteiger partial charge in [-0.2, -0.15) is 0 Å². The van der Waals surface area contributed by atoms with Crippen LogP contribution in [0.1, 0.15) is 6.42 Å². The topological polar surface area (TPSA) is 78.7 Å². The number of hydrogen-bond acceptors (Lipinski definition) is 4. The van der Waals surface area contributed by atoms with Crippen LogP contribution in [0.2, 0.25) is 0 Å². The monoisotopic (exact) mass is 276 g/mol. The molecule has 0 radical (unpaired) electrons. The molecule has 1 aliphatic rings. The maximum Gasteiger partial charge on any atom is 0.246 e. The number of nitrogens with one attached hydrogen (secondary N) is 1. The number of anilines is 2. The number of benzene rings is 1. The molecule has 0 aromatic heterocycles. The molecular weight excluding hydrogens is 256 g/mol. The van der Waals surface area contributed by atoms with Crippen LogP contribution in [0.15, 0.2) is 24.3 Å². The first-order valence-corrected chi connectivity index (χ1v) is 6.70. The number of para-hydroxylation sites is 2. The van der Waals surface area contributed by atoms with Crippen LogP contribution in [0.5, 0.6) is 0 Å². The second-order valence-electron chi connectivity index (χ2n) is 4.79. The molecule has 2 amide bonds. The van der Waals surface area contributed by atoms with Gasteiger partial charge in [-0.15, -0.1) is 0 Å². The normalized spacial score (nSPS) is 14.5. The zero-order chi connectivity index (χ0) is 14.5. The summed E-state index contributed by atoms with van der Waals surface area (Å²) in [6, 6.07) is 7.80. The van der Waals surface area contributed by atoms with E-state index < -0.39 is 0 Å². The van der Waals surface area contributed by atoms with E-state index >= 15 is 0 Å². The van der Waals surface area contributed by atoms with Gasteiger partial charge in [0.15, 0.2) is 0 Å². The van der Waals surface area contributed by atoms with Crippen LogP contribution in [0, 0.1) is 0 Å². The Kier molecular flexibility index (Phi) is 4.57. The Morgan fingerprint density at radius 1 is 1.25 bits per heavy atom. The summed E-state index contributed by atoms with van der Waals surface area (Å²) in [4.78, 5) is 27.3. The Hall–Kier alpha value is -2.08. The first kappa shape index (κ1) is 14.3. The van der Waals surface area contributed by atoms with Crippen molar-refractivity contribution in [3.05, 3.63) is 24.3 Å². The molecule has 108 valence electrons. The van der Waals surface area contributed by atoms with Gasteiger partial charge in [0.05, 0.1) is 24.5 Å². The van der Waals surface area contributed by atoms with Crippen molar-refractivity contribution in [3.8, 4) is 0 Å². The molecule has 1 aromatic rings.